The van der Waals surface area contributed by atoms with Gasteiger partial charge in [0.2, 0.25) is 5.91 Å². The van der Waals surface area contributed by atoms with Crippen LogP contribution in [0.4, 0.5) is 0 Å². The second-order valence-electron chi connectivity index (χ2n) is 6.15. The molecule has 1 aliphatic carbocycles. The Morgan fingerprint density at radius 3 is 2.57 bits per heavy atom. The number of amides is 2. The van der Waals surface area contributed by atoms with Gasteiger partial charge in [-0.05, 0) is 37.3 Å². The average molecular weight is 311 g/mol. The van der Waals surface area contributed by atoms with E-state index in [9.17, 15) is 9.59 Å². The Hall–Kier alpha value is -2.56. The molecule has 2 aromatic rings. The highest BCUT2D eigenvalue weighted by Crippen LogP contribution is 2.33. The molecule has 23 heavy (non-hydrogen) atoms. The Morgan fingerprint density at radius 1 is 1.30 bits per heavy atom. The second-order valence-corrected chi connectivity index (χ2v) is 6.15. The van der Waals surface area contributed by atoms with Crippen LogP contribution >= 0.6 is 0 Å². The van der Waals surface area contributed by atoms with Crippen molar-refractivity contribution in [1.29, 1.82) is 0 Å². The molecule has 0 radical (unpaired) electrons. The molecular formula is C18H21N3O2. The summed E-state index contributed by atoms with van der Waals surface area (Å²) >= 11 is 0. The molecule has 3 rings (SSSR count). The molecule has 120 valence electrons. The molecule has 1 fully saturated rings. The normalized spacial score (nSPS) is 15.2. The van der Waals surface area contributed by atoms with Crippen molar-refractivity contribution in [3.8, 4) is 0 Å². The molecule has 0 aliphatic heterocycles. The Labute approximate surface area is 135 Å². The van der Waals surface area contributed by atoms with Crippen LogP contribution in [-0.2, 0) is 0 Å². The first-order valence-corrected chi connectivity index (χ1v) is 7.90. The van der Waals surface area contributed by atoms with Gasteiger partial charge < -0.3 is 15.6 Å². The molecule has 0 unspecified atom stereocenters. The maximum absolute atomic E-state index is 12.9. The van der Waals surface area contributed by atoms with E-state index in [-0.39, 0.29) is 11.9 Å². The van der Waals surface area contributed by atoms with E-state index in [0.717, 1.165) is 12.1 Å². The number of aromatic amines is 1. The number of nitrogens with one attached hydrogen (secondary N) is 1. The van der Waals surface area contributed by atoms with Gasteiger partial charge in [0.15, 0.2) is 0 Å². The van der Waals surface area contributed by atoms with Crippen molar-refractivity contribution in [2.75, 3.05) is 6.54 Å². The van der Waals surface area contributed by atoms with E-state index in [1.54, 1.807) is 0 Å². The van der Waals surface area contributed by atoms with Gasteiger partial charge in [-0.25, -0.2) is 0 Å². The fraction of sp³-hybridized carbons (Fsp3) is 0.333. The maximum Gasteiger partial charge on any atom is 0.270 e. The van der Waals surface area contributed by atoms with Crippen molar-refractivity contribution in [1.82, 2.24) is 9.88 Å². The summed E-state index contributed by atoms with van der Waals surface area (Å²) in [6, 6.07) is 11.5. The molecule has 1 atom stereocenters. The highest BCUT2D eigenvalue weighted by atomic mass is 16.2. The summed E-state index contributed by atoms with van der Waals surface area (Å²) in [6.07, 6.45) is 3.82. The minimum absolute atomic E-state index is 0.0235. The summed E-state index contributed by atoms with van der Waals surface area (Å²) in [4.78, 5) is 28.9. The van der Waals surface area contributed by atoms with Crippen LogP contribution in [0.25, 0.3) is 0 Å². The lowest BCUT2D eigenvalue weighted by Gasteiger charge is -2.29. The lowest BCUT2D eigenvalue weighted by Crippen LogP contribution is -2.35. The predicted molar refractivity (Wildman–Crippen MR) is 87.9 cm³/mol. The number of hydrogen-bond acceptors (Lipinski definition) is 2. The van der Waals surface area contributed by atoms with Gasteiger partial charge in [-0.2, -0.15) is 0 Å². The van der Waals surface area contributed by atoms with Gasteiger partial charge in [-0.3, -0.25) is 9.59 Å². The number of aromatic nitrogens is 1. The molecule has 1 heterocycles. The zero-order chi connectivity index (χ0) is 16.4. The Kier molecular flexibility index (Phi) is 4.19. The number of primary amides is 1. The molecule has 5 nitrogen and oxygen atoms in total. The molecule has 1 aliphatic rings. The minimum Gasteiger partial charge on any atom is -0.366 e. The Bertz CT molecular complexity index is 704. The van der Waals surface area contributed by atoms with Gasteiger partial charge in [0.05, 0.1) is 11.6 Å². The summed E-state index contributed by atoms with van der Waals surface area (Å²) in [5.74, 6) is -0.0541. The predicted octanol–water partition coefficient (Wildman–Crippen LogP) is 2.73. The monoisotopic (exact) mass is 311 g/mol. The Balaban J connectivity index is 1.85. The van der Waals surface area contributed by atoms with Gasteiger partial charge in [-0.15, -0.1) is 0 Å². The van der Waals surface area contributed by atoms with Crippen LogP contribution in [0.1, 0.15) is 52.2 Å². The molecule has 5 heteroatoms. The highest BCUT2D eigenvalue weighted by molar-refractivity contribution is 5.98. The Morgan fingerprint density at radius 2 is 2.00 bits per heavy atom. The lowest BCUT2D eigenvalue weighted by atomic mass is 10.1. The molecule has 0 saturated heterocycles. The van der Waals surface area contributed by atoms with Crippen molar-refractivity contribution in [3.05, 3.63) is 59.4 Å². The van der Waals surface area contributed by atoms with Crippen molar-refractivity contribution >= 4 is 11.8 Å². The maximum atomic E-state index is 12.9. The van der Waals surface area contributed by atoms with Crippen molar-refractivity contribution in [2.45, 2.75) is 25.8 Å². The van der Waals surface area contributed by atoms with E-state index in [1.807, 2.05) is 42.2 Å². The minimum atomic E-state index is -0.537. The number of hydrogen-bond donors (Lipinski definition) is 2. The number of rotatable bonds is 6. The van der Waals surface area contributed by atoms with E-state index >= 15 is 0 Å². The largest absolute Gasteiger partial charge is 0.366 e. The quantitative estimate of drug-likeness (QED) is 0.860. The topological polar surface area (TPSA) is 79.2 Å². The zero-order valence-electron chi connectivity index (χ0n) is 13.2. The zero-order valence-corrected chi connectivity index (χ0v) is 13.2. The third-order valence-electron chi connectivity index (χ3n) is 4.36. The second kappa shape index (κ2) is 6.28. The number of H-pyrrole nitrogens is 1. The summed E-state index contributed by atoms with van der Waals surface area (Å²) in [6.45, 7) is 2.77. The van der Waals surface area contributed by atoms with Crippen molar-refractivity contribution in [2.24, 2.45) is 11.7 Å². The van der Waals surface area contributed by atoms with Crippen LogP contribution in [0.2, 0.25) is 0 Å². The number of benzene rings is 1. The molecule has 1 saturated carbocycles. The third kappa shape index (κ3) is 3.44. The highest BCUT2D eigenvalue weighted by Gasteiger charge is 2.31. The summed E-state index contributed by atoms with van der Waals surface area (Å²) in [5, 5.41) is 0. The third-order valence-corrected chi connectivity index (χ3v) is 4.36. The lowest BCUT2D eigenvalue weighted by molar-refractivity contribution is 0.0675. The van der Waals surface area contributed by atoms with Gasteiger partial charge in [0.25, 0.3) is 5.91 Å². The van der Waals surface area contributed by atoms with E-state index in [2.05, 4.69) is 4.98 Å². The fourth-order valence-electron chi connectivity index (χ4n) is 2.72. The van der Waals surface area contributed by atoms with Crippen LogP contribution < -0.4 is 5.73 Å². The van der Waals surface area contributed by atoms with Gasteiger partial charge in [-0.1, -0.05) is 30.3 Å². The summed E-state index contributed by atoms with van der Waals surface area (Å²) < 4.78 is 0. The average Bonchev–Trinajstić information content (AvgIpc) is 3.24. The van der Waals surface area contributed by atoms with E-state index in [1.165, 1.54) is 25.1 Å². The number of nitrogens with zero attached hydrogens (tertiary/aromatic N) is 1. The molecule has 1 aromatic carbocycles. The first kappa shape index (κ1) is 15.3. The van der Waals surface area contributed by atoms with Crippen LogP contribution in [0.5, 0.6) is 0 Å². The molecule has 3 N–H and O–H groups in total. The van der Waals surface area contributed by atoms with Gasteiger partial charge in [0, 0.05) is 12.7 Å². The number of carbonyl (C=O) groups is 2. The summed E-state index contributed by atoms with van der Waals surface area (Å²) in [5.41, 5.74) is 7.09. The van der Waals surface area contributed by atoms with Crippen LogP contribution in [0.3, 0.4) is 0 Å². The number of nitrogens with two attached hydrogens (primary N) is 1. The van der Waals surface area contributed by atoms with Crippen LogP contribution in [0, 0.1) is 5.92 Å². The van der Waals surface area contributed by atoms with Crippen molar-refractivity contribution < 1.29 is 9.59 Å². The number of carbonyl (C=O) groups excluding carboxylic acids is 2. The van der Waals surface area contributed by atoms with Gasteiger partial charge in [0.1, 0.15) is 5.69 Å². The van der Waals surface area contributed by atoms with Gasteiger partial charge >= 0.3 is 0 Å². The van der Waals surface area contributed by atoms with E-state index < -0.39 is 5.91 Å². The SMILES string of the molecule is C[C@@H](c1ccccc1)N(CC1CC1)C(=O)c1cc(C(N)=O)c[nH]1. The molecular weight excluding hydrogens is 290 g/mol. The van der Waals surface area contributed by atoms with Crippen LogP contribution in [0.15, 0.2) is 42.6 Å². The first-order valence-electron chi connectivity index (χ1n) is 7.90. The molecule has 0 spiro atoms. The van der Waals surface area contributed by atoms with E-state index in [0.29, 0.717) is 17.2 Å². The fourth-order valence-corrected chi connectivity index (χ4v) is 2.72. The summed E-state index contributed by atoms with van der Waals surface area (Å²) in [7, 11) is 0. The smallest absolute Gasteiger partial charge is 0.270 e. The molecule has 1 aromatic heterocycles. The van der Waals surface area contributed by atoms with E-state index in [4.69, 9.17) is 5.73 Å². The van der Waals surface area contributed by atoms with Crippen molar-refractivity contribution in [3.63, 3.8) is 0 Å². The van der Waals surface area contributed by atoms with Crippen LogP contribution in [-0.4, -0.2) is 28.2 Å². The standard InChI is InChI=1S/C18H21N3O2/c1-12(14-5-3-2-4-6-14)21(11-13-7-8-13)18(23)16-9-15(10-20-16)17(19)22/h2-6,9-10,12-13,20H,7-8,11H2,1H3,(H2,19,22)/t12-/m0/s1. The molecule has 2 amide bonds. The molecule has 0 bridgehead atoms. The first-order chi connectivity index (χ1) is 11.1.